The number of hydrogen-bond acceptors (Lipinski definition) is 2. The third kappa shape index (κ3) is 3.41. The Morgan fingerprint density at radius 3 is 2.36 bits per heavy atom. The lowest BCUT2D eigenvalue weighted by atomic mass is 10.0. The molecular weight excluding hydrogens is 296 g/mol. The molecule has 0 aromatic heterocycles. The Morgan fingerprint density at radius 1 is 0.864 bits per heavy atom. The lowest BCUT2D eigenvalue weighted by Crippen LogP contribution is -1.96. The molecule has 0 bridgehead atoms. The molecule has 3 aromatic rings. The van der Waals surface area contributed by atoms with E-state index in [1.807, 2.05) is 60.7 Å². The molecule has 0 atom stereocenters. The summed E-state index contributed by atoms with van der Waals surface area (Å²) in [5.74, 6) is 0.897. The molecule has 3 rings (SSSR count). The van der Waals surface area contributed by atoms with E-state index in [2.05, 4.69) is 0 Å². The zero-order valence-electron chi connectivity index (χ0n) is 11.9. The van der Waals surface area contributed by atoms with Crippen molar-refractivity contribution in [2.24, 2.45) is 0 Å². The van der Waals surface area contributed by atoms with Crippen molar-refractivity contribution in [3.8, 4) is 22.6 Å². The van der Waals surface area contributed by atoms with Crippen LogP contribution in [0.2, 0.25) is 5.02 Å². The second kappa shape index (κ2) is 6.54. The molecule has 0 aliphatic heterocycles. The summed E-state index contributed by atoms with van der Waals surface area (Å²) in [4.78, 5) is 0. The number of rotatable bonds is 4. The van der Waals surface area contributed by atoms with E-state index in [9.17, 15) is 5.11 Å². The maximum absolute atomic E-state index is 9.73. The molecule has 0 saturated heterocycles. The topological polar surface area (TPSA) is 29.5 Å². The zero-order valence-corrected chi connectivity index (χ0v) is 12.6. The van der Waals surface area contributed by atoms with E-state index in [0.717, 1.165) is 22.4 Å². The maximum atomic E-state index is 9.73. The molecule has 3 heteroatoms. The summed E-state index contributed by atoms with van der Waals surface area (Å²) in [6.07, 6.45) is 0. The fourth-order valence-electron chi connectivity index (χ4n) is 2.30. The third-order valence-electron chi connectivity index (χ3n) is 3.32. The number of aromatic hydroxyl groups is 1. The Kier molecular flexibility index (Phi) is 4.31. The summed E-state index contributed by atoms with van der Waals surface area (Å²) in [7, 11) is 0. The molecule has 0 fully saturated rings. The molecule has 0 amide bonds. The van der Waals surface area contributed by atoms with Crippen molar-refractivity contribution in [1.29, 1.82) is 0 Å². The van der Waals surface area contributed by atoms with Gasteiger partial charge in [0.1, 0.15) is 18.1 Å². The van der Waals surface area contributed by atoms with Crippen molar-refractivity contribution < 1.29 is 9.84 Å². The lowest BCUT2D eigenvalue weighted by Gasteiger charge is -2.12. The number of halogens is 1. The fourth-order valence-corrected chi connectivity index (χ4v) is 2.53. The summed E-state index contributed by atoms with van der Waals surface area (Å²) in [6.45, 7) is 0.490. The first-order valence-corrected chi connectivity index (χ1v) is 7.36. The number of phenolic OH excluding ortho intramolecular Hbond substituents is 1. The summed E-state index contributed by atoms with van der Waals surface area (Å²) >= 11 is 6.02. The zero-order chi connectivity index (χ0) is 15.4. The van der Waals surface area contributed by atoms with E-state index in [1.54, 1.807) is 6.07 Å². The van der Waals surface area contributed by atoms with Crippen molar-refractivity contribution in [2.75, 3.05) is 0 Å². The van der Waals surface area contributed by atoms with Gasteiger partial charge in [-0.05, 0) is 35.4 Å². The molecule has 0 unspecified atom stereocenters. The molecule has 0 spiro atoms. The second-order valence-corrected chi connectivity index (χ2v) is 5.40. The Bertz CT molecular complexity index is 749. The van der Waals surface area contributed by atoms with Gasteiger partial charge < -0.3 is 9.84 Å². The molecule has 2 nitrogen and oxygen atoms in total. The van der Waals surface area contributed by atoms with E-state index in [4.69, 9.17) is 16.3 Å². The van der Waals surface area contributed by atoms with Crippen LogP contribution in [-0.4, -0.2) is 5.11 Å². The van der Waals surface area contributed by atoms with Gasteiger partial charge in [-0.1, -0.05) is 60.1 Å². The number of ether oxygens (including phenoxy) is 1. The van der Waals surface area contributed by atoms with Gasteiger partial charge >= 0.3 is 0 Å². The molecule has 110 valence electrons. The molecule has 0 aliphatic carbocycles. The van der Waals surface area contributed by atoms with Crippen LogP contribution in [0.4, 0.5) is 0 Å². The van der Waals surface area contributed by atoms with E-state index in [-0.39, 0.29) is 5.75 Å². The minimum atomic E-state index is 0.139. The van der Waals surface area contributed by atoms with E-state index in [1.165, 1.54) is 6.07 Å². The first kappa shape index (κ1) is 14.5. The van der Waals surface area contributed by atoms with Gasteiger partial charge in [0.15, 0.2) is 0 Å². The van der Waals surface area contributed by atoms with Crippen molar-refractivity contribution in [3.05, 3.63) is 83.4 Å². The van der Waals surface area contributed by atoms with Crippen LogP contribution >= 0.6 is 11.6 Å². The summed E-state index contributed by atoms with van der Waals surface area (Å²) < 4.78 is 5.93. The molecular formula is C19H15ClO2. The largest absolute Gasteiger partial charge is 0.508 e. The van der Waals surface area contributed by atoms with Gasteiger partial charge in [0.25, 0.3) is 0 Å². The monoisotopic (exact) mass is 310 g/mol. The van der Waals surface area contributed by atoms with Gasteiger partial charge in [0.05, 0.1) is 0 Å². The number of para-hydroxylation sites is 1. The quantitative estimate of drug-likeness (QED) is 0.709. The van der Waals surface area contributed by atoms with Crippen LogP contribution in [0.1, 0.15) is 5.56 Å². The number of phenols is 1. The van der Waals surface area contributed by atoms with Crippen molar-refractivity contribution in [3.63, 3.8) is 0 Å². The normalized spacial score (nSPS) is 10.4. The Hall–Kier alpha value is -2.45. The van der Waals surface area contributed by atoms with E-state index < -0.39 is 0 Å². The van der Waals surface area contributed by atoms with Crippen LogP contribution in [0, 0.1) is 0 Å². The van der Waals surface area contributed by atoms with Crippen LogP contribution in [-0.2, 0) is 6.61 Å². The van der Waals surface area contributed by atoms with Crippen LogP contribution in [0.5, 0.6) is 11.5 Å². The first-order chi connectivity index (χ1) is 10.7. The molecule has 22 heavy (non-hydrogen) atoms. The fraction of sp³-hybridized carbons (Fsp3) is 0.0526. The van der Waals surface area contributed by atoms with Crippen LogP contribution in [0.25, 0.3) is 11.1 Å². The van der Waals surface area contributed by atoms with Crippen molar-refractivity contribution >= 4 is 11.6 Å². The van der Waals surface area contributed by atoms with Gasteiger partial charge in [-0.2, -0.15) is 0 Å². The number of hydrogen-bond donors (Lipinski definition) is 1. The van der Waals surface area contributed by atoms with Gasteiger partial charge in [0.2, 0.25) is 0 Å². The van der Waals surface area contributed by atoms with Gasteiger partial charge in [-0.25, -0.2) is 0 Å². The Balaban J connectivity index is 1.89. The van der Waals surface area contributed by atoms with Crippen LogP contribution in [0.3, 0.4) is 0 Å². The predicted octanol–water partition coefficient (Wildman–Crippen LogP) is 5.29. The molecule has 0 heterocycles. The average Bonchev–Trinajstić information content (AvgIpc) is 2.53. The molecule has 1 N–H and O–H groups in total. The Morgan fingerprint density at radius 2 is 1.59 bits per heavy atom. The van der Waals surface area contributed by atoms with Gasteiger partial charge in [-0.3, -0.25) is 0 Å². The van der Waals surface area contributed by atoms with Gasteiger partial charge in [0, 0.05) is 10.6 Å². The van der Waals surface area contributed by atoms with Crippen molar-refractivity contribution in [2.45, 2.75) is 6.61 Å². The summed E-state index contributed by atoms with van der Waals surface area (Å²) in [5.41, 5.74) is 2.83. The smallest absolute Gasteiger partial charge is 0.127 e. The highest BCUT2D eigenvalue weighted by molar-refractivity contribution is 6.31. The SMILES string of the molecule is Oc1cc(Cl)cc(-c2ccccc2OCc2ccccc2)c1. The average molecular weight is 311 g/mol. The Labute approximate surface area is 134 Å². The van der Waals surface area contributed by atoms with Crippen LogP contribution < -0.4 is 4.74 Å². The molecule has 0 radical (unpaired) electrons. The van der Waals surface area contributed by atoms with Gasteiger partial charge in [-0.15, -0.1) is 0 Å². The highest BCUT2D eigenvalue weighted by atomic mass is 35.5. The minimum Gasteiger partial charge on any atom is -0.508 e. The highest BCUT2D eigenvalue weighted by Gasteiger charge is 2.08. The van der Waals surface area contributed by atoms with Crippen LogP contribution in [0.15, 0.2) is 72.8 Å². The van der Waals surface area contributed by atoms with E-state index >= 15 is 0 Å². The molecule has 3 aromatic carbocycles. The third-order valence-corrected chi connectivity index (χ3v) is 3.54. The summed E-state index contributed by atoms with van der Waals surface area (Å²) in [5, 5.41) is 10.2. The highest BCUT2D eigenvalue weighted by Crippen LogP contribution is 2.34. The lowest BCUT2D eigenvalue weighted by molar-refractivity contribution is 0.307. The second-order valence-electron chi connectivity index (χ2n) is 4.97. The predicted molar refractivity (Wildman–Crippen MR) is 89.3 cm³/mol. The van der Waals surface area contributed by atoms with E-state index in [0.29, 0.717) is 11.6 Å². The summed E-state index contributed by atoms with van der Waals surface area (Å²) in [6, 6.07) is 22.7. The maximum Gasteiger partial charge on any atom is 0.127 e. The minimum absolute atomic E-state index is 0.139. The first-order valence-electron chi connectivity index (χ1n) is 6.98. The van der Waals surface area contributed by atoms with Crippen molar-refractivity contribution in [1.82, 2.24) is 0 Å². The molecule has 0 aliphatic rings. The standard InChI is InChI=1S/C19H15ClO2/c20-16-10-15(11-17(21)12-16)18-8-4-5-9-19(18)22-13-14-6-2-1-3-7-14/h1-12,21H,13H2. The molecule has 0 saturated carbocycles. The number of benzene rings is 3.